The van der Waals surface area contributed by atoms with E-state index in [1.807, 2.05) is 37.3 Å². The molecule has 0 amide bonds. The van der Waals surface area contributed by atoms with Gasteiger partial charge in [-0.05, 0) is 19.4 Å². The third-order valence-corrected chi connectivity index (χ3v) is 4.77. The Morgan fingerprint density at radius 2 is 2.00 bits per heavy atom. The lowest BCUT2D eigenvalue weighted by atomic mass is 10.2. The van der Waals surface area contributed by atoms with E-state index < -0.39 is 5.97 Å². The molecule has 112 valence electrons. The van der Waals surface area contributed by atoms with Crippen LogP contribution in [0.5, 0.6) is 0 Å². The van der Waals surface area contributed by atoms with Gasteiger partial charge >= 0.3 is 5.97 Å². The van der Waals surface area contributed by atoms with Gasteiger partial charge in [-0.2, -0.15) is 0 Å². The lowest BCUT2D eigenvalue weighted by Gasteiger charge is -2.10. The summed E-state index contributed by atoms with van der Waals surface area (Å²) in [7, 11) is 0. The first-order valence-corrected chi connectivity index (χ1v) is 7.69. The van der Waals surface area contributed by atoms with Gasteiger partial charge in [-0.3, -0.25) is 9.36 Å². The van der Waals surface area contributed by atoms with Gasteiger partial charge in [0.15, 0.2) is 0 Å². The minimum atomic E-state index is -1.02. The quantitative estimate of drug-likeness (QED) is 0.806. The van der Waals surface area contributed by atoms with Crippen LogP contribution in [0.3, 0.4) is 0 Å². The first-order chi connectivity index (χ1) is 10.5. The number of aryl methyl sites for hydroxylation is 1. The molecule has 2 aromatic heterocycles. The van der Waals surface area contributed by atoms with Gasteiger partial charge in [-0.15, -0.1) is 11.3 Å². The van der Waals surface area contributed by atoms with Gasteiger partial charge in [0.1, 0.15) is 15.5 Å². The maximum absolute atomic E-state index is 12.7. The highest BCUT2D eigenvalue weighted by atomic mass is 32.1. The molecule has 3 aromatic rings. The van der Waals surface area contributed by atoms with Gasteiger partial charge in [0, 0.05) is 12.1 Å². The number of aromatic carboxylic acids is 1. The van der Waals surface area contributed by atoms with Crippen molar-refractivity contribution in [3.05, 3.63) is 51.1 Å². The molecule has 0 aliphatic heterocycles. The minimum Gasteiger partial charge on any atom is -0.477 e. The Kier molecular flexibility index (Phi) is 3.54. The topological polar surface area (TPSA) is 72.2 Å². The van der Waals surface area contributed by atoms with Gasteiger partial charge in [0.2, 0.25) is 0 Å². The highest BCUT2D eigenvalue weighted by Crippen LogP contribution is 2.29. The fourth-order valence-electron chi connectivity index (χ4n) is 2.52. The molecule has 1 aromatic carbocycles. The SMILES string of the molecule is CCn1c(-c2ccccc2)nc2sc(C(=O)O)c(C)c2c1=O. The van der Waals surface area contributed by atoms with Crippen LogP contribution in [0.2, 0.25) is 0 Å². The minimum absolute atomic E-state index is 0.174. The average molecular weight is 314 g/mol. The molecular weight excluding hydrogens is 300 g/mol. The Balaban J connectivity index is 2.41. The van der Waals surface area contributed by atoms with Crippen LogP contribution in [0.1, 0.15) is 22.2 Å². The lowest BCUT2D eigenvalue weighted by Crippen LogP contribution is -2.22. The summed E-state index contributed by atoms with van der Waals surface area (Å²) in [5.74, 6) is -0.456. The van der Waals surface area contributed by atoms with Crippen molar-refractivity contribution in [3.63, 3.8) is 0 Å². The van der Waals surface area contributed by atoms with Crippen LogP contribution in [-0.4, -0.2) is 20.6 Å². The Bertz CT molecular complexity index is 926. The molecule has 0 saturated heterocycles. The second-order valence-corrected chi connectivity index (χ2v) is 5.89. The summed E-state index contributed by atoms with van der Waals surface area (Å²) in [6.07, 6.45) is 0. The molecule has 0 fully saturated rings. The molecule has 0 aliphatic carbocycles. The van der Waals surface area contributed by atoms with Crippen LogP contribution in [0.15, 0.2) is 35.1 Å². The van der Waals surface area contributed by atoms with Gasteiger partial charge in [0.25, 0.3) is 5.56 Å². The molecule has 0 aliphatic rings. The number of hydrogen-bond donors (Lipinski definition) is 1. The molecule has 2 heterocycles. The average Bonchev–Trinajstić information content (AvgIpc) is 2.85. The molecule has 22 heavy (non-hydrogen) atoms. The Hall–Kier alpha value is -2.47. The fourth-order valence-corrected chi connectivity index (χ4v) is 3.53. The molecule has 0 radical (unpaired) electrons. The van der Waals surface area contributed by atoms with E-state index in [9.17, 15) is 14.7 Å². The molecule has 3 rings (SSSR count). The van der Waals surface area contributed by atoms with E-state index in [1.54, 1.807) is 11.5 Å². The second kappa shape index (κ2) is 5.38. The summed E-state index contributed by atoms with van der Waals surface area (Å²) < 4.78 is 1.59. The number of carboxylic acids is 1. The normalized spacial score (nSPS) is 11.0. The number of rotatable bonds is 3. The molecule has 5 nitrogen and oxygen atoms in total. The van der Waals surface area contributed by atoms with E-state index in [-0.39, 0.29) is 10.4 Å². The van der Waals surface area contributed by atoms with Gasteiger partial charge in [-0.25, -0.2) is 9.78 Å². The van der Waals surface area contributed by atoms with Crippen LogP contribution in [0, 0.1) is 6.92 Å². The molecule has 6 heteroatoms. The Morgan fingerprint density at radius 3 is 2.59 bits per heavy atom. The first kappa shape index (κ1) is 14.5. The van der Waals surface area contributed by atoms with Crippen molar-refractivity contribution in [1.82, 2.24) is 9.55 Å². The van der Waals surface area contributed by atoms with E-state index >= 15 is 0 Å². The predicted octanol–water partition coefficient (Wildman–Crippen LogP) is 3.15. The number of fused-ring (bicyclic) bond motifs is 1. The number of nitrogens with zero attached hydrogens (tertiary/aromatic N) is 2. The first-order valence-electron chi connectivity index (χ1n) is 6.87. The molecule has 1 N–H and O–H groups in total. The number of benzene rings is 1. The summed E-state index contributed by atoms with van der Waals surface area (Å²) in [4.78, 5) is 29.2. The number of hydrogen-bond acceptors (Lipinski definition) is 4. The van der Waals surface area contributed by atoms with Crippen LogP contribution >= 0.6 is 11.3 Å². The van der Waals surface area contributed by atoms with Crippen molar-refractivity contribution in [2.45, 2.75) is 20.4 Å². The summed E-state index contributed by atoms with van der Waals surface area (Å²) in [5.41, 5.74) is 1.14. The highest BCUT2D eigenvalue weighted by molar-refractivity contribution is 7.20. The van der Waals surface area contributed by atoms with Gasteiger partial charge in [-0.1, -0.05) is 30.3 Å². The third-order valence-electron chi connectivity index (χ3n) is 3.59. The van der Waals surface area contributed by atoms with Crippen molar-refractivity contribution < 1.29 is 9.90 Å². The maximum atomic E-state index is 12.7. The summed E-state index contributed by atoms with van der Waals surface area (Å²) in [5, 5.41) is 9.65. The monoisotopic (exact) mass is 314 g/mol. The van der Waals surface area contributed by atoms with Crippen LogP contribution < -0.4 is 5.56 Å². The van der Waals surface area contributed by atoms with E-state index in [1.165, 1.54) is 0 Å². The molecule has 0 saturated carbocycles. The van der Waals surface area contributed by atoms with Crippen LogP contribution in [-0.2, 0) is 6.54 Å². The predicted molar refractivity (Wildman–Crippen MR) is 86.7 cm³/mol. The smallest absolute Gasteiger partial charge is 0.346 e. The molecular formula is C16H14N2O3S. The molecule has 0 bridgehead atoms. The van der Waals surface area contributed by atoms with Gasteiger partial charge in [0.05, 0.1) is 5.39 Å². The van der Waals surface area contributed by atoms with Gasteiger partial charge < -0.3 is 5.11 Å². The summed E-state index contributed by atoms with van der Waals surface area (Å²) >= 11 is 1.05. The largest absolute Gasteiger partial charge is 0.477 e. The van der Waals surface area contributed by atoms with E-state index in [0.717, 1.165) is 16.9 Å². The standard InChI is InChI=1S/C16H14N2O3S/c1-3-18-13(10-7-5-4-6-8-10)17-14-11(15(18)19)9(2)12(22-14)16(20)21/h4-8H,3H2,1-2H3,(H,20,21). The third kappa shape index (κ3) is 2.12. The molecule has 0 unspecified atom stereocenters. The van der Waals surface area contributed by atoms with Crippen molar-refractivity contribution in [3.8, 4) is 11.4 Å². The summed E-state index contributed by atoms with van der Waals surface area (Å²) in [6, 6.07) is 9.44. The van der Waals surface area contributed by atoms with Crippen molar-refractivity contribution in [2.24, 2.45) is 0 Å². The zero-order chi connectivity index (χ0) is 15.9. The van der Waals surface area contributed by atoms with Crippen LogP contribution in [0.4, 0.5) is 0 Å². The number of carboxylic acid groups (broad SMARTS) is 1. The van der Waals surface area contributed by atoms with Crippen molar-refractivity contribution in [1.29, 1.82) is 0 Å². The summed E-state index contributed by atoms with van der Waals surface area (Å²) in [6.45, 7) is 4.01. The fraction of sp³-hybridized carbons (Fsp3) is 0.188. The zero-order valence-electron chi connectivity index (χ0n) is 12.2. The Labute approximate surface area is 130 Å². The van der Waals surface area contributed by atoms with E-state index in [2.05, 4.69) is 4.98 Å². The zero-order valence-corrected chi connectivity index (χ0v) is 13.0. The molecule has 0 spiro atoms. The lowest BCUT2D eigenvalue weighted by molar-refractivity contribution is 0.0701. The Morgan fingerprint density at radius 1 is 1.32 bits per heavy atom. The van der Waals surface area contributed by atoms with E-state index in [4.69, 9.17) is 0 Å². The maximum Gasteiger partial charge on any atom is 0.346 e. The number of carbonyl (C=O) groups is 1. The highest BCUT2D eigenvalue weighted by Gasteiger charge is 2.21. The van der Waals surface area contributed by atoms with E-state index in [0.29, 0.717) is 28.1 Å². The van der Waals surface area contributed by atoms with Crippen molar-refractivity contribution in [2.75, 3.05) is 0 Å². The second-order valence-electron chi connectivity index (χ2n) is 4.89. The number of aromatic nitrogens is 2. The van der Waals surface area contributed by atoms with Crippen molar-refractivity contribution >= 4 is 27.5 Å². The molecule has 0 atom stereocenters. The van der Waals surface area contributed by atoms with Crippen LogP contribution in [0.25, 0.3) is 21.6 Å². The number of thiophene rings is 1.